The van der Waals surface area contributed by atoms with E-state index in [0.29, 0.717) is 29.5 Å². The molecule has 29 heavy (non-hydrogen) atoms. The zero-order valence-corrected chi connectivity index (χ0v) is 16.5. The molecule has 1 saturated heterocycles. The number of nitrogens with zero attached hydrogens (tertiary/aromatic N) is 2. The number of carbonyl (C=O) groups excluding carboxylic acids is 1. The largest absolute Gasteiger partial charge is 0.384 e. The summed E-state index contributed by atoms with van der Waals surface area (Å²) in [6.45, 7) is -0.347. The number of aromatic nitrogens is 1. The first-order chi connectivity index (χ1) is 13.9. The van der Waals surface area contributed by atoms with Crippen LogP contribution in [0.1, 0.15) is 35.6 Å². The molecule has 3 heterocycles. The molecule has 9 heteroatoms. The summed E-state index contributed by atoms with van der Waals surface area (Å²) in [5.74, 6) is 4.04. The first kappa shape index (κ1) is 19.9. The number of nitrogens with one attached hydrogen (secondary N) is 1. The number of halogens is 4. The van der Waals surface area contributed by atoms with Gasteiger partial charge in [0.25, 0.3) is 0 Å². The third-order valence-electron chi connectivity index (χ3n) is 5.23. The fraction of sp³-hybridized carbons (Fsp3) is 0.300. The molecule has 4 rings (SSSR count). The molecule has 0 radical (unpaired) electrons. The smallest absolute Gasteiger partial charge is 0.322 e. The minimum absolute atomic E-state index is 0.0456. The molecular formula is C20H15Cl2F2N3O2. The Hall–Kier alpha value is -2.40. The van der Waals surface area contributed by atoms with Crippen LogP contribution in [0.25, 0.3) is 0 Å². The predicted octanol–water partition coefficient (Wildman–Crippen LogP) is 4.30. The average molecular weight is 438 g/mol. The molecule has 2 aliphatic heterocycles. The van der Waals surface area contributed by atoms with Crippen LogP contribution in [0.4, 0.5) is 19.3 Å². The van der Waals surface area contributed by atoms with Gasteiger partial charge in [0.2, 0.25) is 5.95 Å². The van der Waals surface area contributed by atoms with Crippen molar-refractivity contribution in [3.63, 3.8) is 0 Å². The monoisotopic (exact) mass is 437 g/mol. The number of rotatable bonds is 1. The van der Waals surface area contributed by atoms with Gasteiger partial charge in [-0.1, -0.05) is 35.0 Å². The summed E-state index contributed by atoms with van der Waals surface area (Å²) in [4.78, 5) is 18.3. The Morgan fingerprint density at radius 2 is 2.07 bits per heavy atom. The van der Waals surface area contributed by atoms with Gasteiger partial charge in [-0.25, -0.2) is 14.2 Å². The summed E-state index contributed by atoms with van der Waals surface area (Å²) in [5, 5.41) is 11.7. The van der Waals surface area contributed by atoms with Crippen LogP contribution in [-0.2, 0) is 6.42 Å². The number of amides is 2. The predicted molar refractivity (Wildman–Crippen MR) is 105 cm³/mol. The summed E-state index contributed by atoms with van der Waals surface area (Å²) >= 11 is 11.7. The highest BCUT2D eigenvalue weighted by atomic mass is 35.5. The van der Waals surface area contributed by atoms with Gasteiger partial charge in [-0.3, -0.25) is 0 Å². The van der Waals surface area contributed by atoms with E-state index < -0.39 is 23.8 Å². The molecule has 2 aliphatic rings. The van der Waals surface area contributed by atoms with Crippen molar-refractivity contribution in [3.05, 3.63) is 56.8 Å². The Bertz CT molecular complexity index is 1070. The van der Waals surface area contributed by atoms with Crippen molar-refractivity contribution in [1.29, 1.82) is 0 Å². The standard InChI is InChI=1S/C20H15Cl2F2N3O2/c21-13-7-15(23)16(8-14(13)22)26-20(29)27-11-3-4-17(27)18-10(2-1-5-28)9-25-19(24)12(18)6-11/h7-9,11,17,28H,3-6H2,(H,26,29). The molecule has 150 valence electrons. The molecule has 2 amide bonds. The summed E-state index contributed by atoms with van der Waals surface area (Å²) < 4.78 is 28.5. The van der Waals surface area contributed by atoms with E-state index in [-0.39, 0.29) is 34.8 Å². The molecule has 0 aliphatic carbocycles. The number of carbonyl (C=O) groups is 1. The van der Waals surface area contributed by atoms with E-state index in [4.69, 9.17) is 28.3 Å². The van der Waals surface area contributed by atoms with Crippen molar-refractivity contribution in [3.8, 4) is 11.8 Å². The third kappa shape index (κ3) is 3.52. The van der Waals surface area contributed by atoms with Crippen LogP contribution >= 0.6 is 23.2 Å². The van der Waals surface area contributed by atoms with Crippen LogP contribution in [0.2, 0.25) is 10.0 Å². The number of pyridine rings is 1. The van der Waals surface area contributed by atoms with Crippen LogP contribution < -0.4 is 5.32 Å². The van der Waals surface area contributed by atoms with Gasteiger partial charge in [-0.15, -0.1) is 0 Å². The molecule has 0 saturated carbocycles. The Labute approximate surface area is 175 Å². The minimum atomic E-state index is -0.706. The van der Waals surface area contributed by atoms with Gasteiger partial charge in [0, 0.05) is 23.4 Å². The maximum absolute atomic E-state index is 14.4. The zero-order valence-electron chi connectivity index (χ0n) is 15.0. The van der Waals surface area contributed by atoms with E-state index in [9.17, 15) is 13.6 Å². The minimum Gasteiger partial charge on any atom is -0.384 e. The van der Waals surface area contributed by atoms with Crippen LogP contribution in [0, 0.1) is 23.6 Å². The number of aliphatic hydroxyl groups is 1. The fourth-order valence-electron chi connectivity index (χ4n) is 4.06. The second kappa shape index (κ2) is 7.79. The second-order valence-corrected chi connectivity index (χ2v) is 7.66. The number of hydrogen-bond acceptors (Lipinski definition) is 3. The number of aliphatic hydroxyl groups excluding tert-OH is 1. The van der Waals surface area contributed by atoms with E-state index in [1.165, 1.54) is 12.3 Å². The van der Waals surface area contributed by atoms with Crippen molar-refractivity contribution in [2.24, 2.45) is 0 Å². The summed E-state index contributed by atoms with van der Waals surface area (Å²) in [5.41, 5.74) is 1.42. The average Bonchev–Trinajstić information content (AvgIpc) is 3.00. The van der Waals surface area contributed by atoms with Crippen LogP contribution in [0.3, 0.4) is 0 Å². The number of fused-ring (bicyclic) bond motifs is 4. The molecule has 2 bridgehead atoms. The molecule has 2 atom stereocenters. The van der Waals surface area contributed by atoms with E-state index >= 15 is 0 Å². The molecule has 2 aromatic rings. The lowest BCUT2D eigenvalue weighted by molar-refractivity contribution is 0.178. The fourth-order valence-corrected chi connectivity index (χ4v) is 4.37. The van der Waals surface area contributed by atoms with Crippen molar-refractivity contribution in [1.82, 2.24) is 9.88 Å². The lowest BCUT2D eigenvalue weighted by Crippen LogP contribution is -2.45. The summed E-state index contributed by atoms with van der Waals surface area (Å²) in [6.07, 6.45) is 2.88. The highest BCUT2D eigenvalue weighted by Crippen LogP contribution is 2.45. The molecule has 1 fully saturated rings. The Balaban J connectivity index is 1.69. The van der Waals surface area contributed by atoms with Gasteiger partial charge in [0.1, 0.15) is 12.4 Å². The Kier molecular flexibility index (Phi) is 5.34. The normalized spacial score (nSPS) is 19.4. The van der Waals surface area contributed by atoms with Gasteiger partial charge in [0.15, 0.2) is 0 Å². The van der Waals surface area contributed by atoms with Crippen LogP contribution in [0.5, 0.6) is 0 Å². The maximum atomic E-state index is 14.4. The Morgan fingerprint density at radius 1 is 1.31 bits per heavy atom. The van der Waals surface area contributed by atoms with Crippen molar-refractivity contribution >= 4 is 34.9 Å². The highest BCUT2D eigenvalue weighted by Gasteiger charge is 2.45. The van der Waals surface area contributed by atoms with Crippen LogP contribution in [-0.4, -0.2) is 33.7 Å². The highest BCUT2D eigenvalue weighted by molar-refractivity contribution is 6.42. The van der Waals surface area contributed by atoms with Crippen molar-refractivity contribution in [2.45, 2.75) is 31.3 Å². The van der Waals surface area contributed by atoms with Gasteiger partial charge < -0.3 is 15.3 Å². The molecule has 1 aromatic heterocycles. The number of hydrogen-bond donors (Lipinski definition) is 2. The van der Waals surface area contributed by atoms with Gasteiger partial charge >= 0.3 is 6.03 Å². The molecule has 0 spiro atoms. The van der Waals surface area contributed by atoms with Gasteiger partial charge in [-0.05, 0) is 37.0 Å². The third-order valence-corrected chi connectivity index (χ3v) is 5.96. The van der Waals surface area contributed by atoms with Crippen molar-refractivity contribution in [2.75, 3.05) is 11.9 Å². The van der Waals surface area contributed by atoms with E-state index in [2.05, 4.69) is 22.1 Å². The van der Waals surface area contributed by atoms with Crippen molar-refractivity contribution < 1.29 is 18.7 Å². The molecule has 1 aromatic carbocycles. The quantitative estimate of drug-likeness (QED) is 0.397. The van der Waals surface area contributed by atoms with Crippen LogP contribution in [0.15, 0.2) is 18.3 Å². The number of urea groups is 1. The molecule has 2 N–H and O–H groups in total. The summed E-state index contributed by atoms with van der Waals surface area (Å²) in [6, 6.07) is 1.10. The molecule has 2 unspecified atom stereocenters. The van der Waals surface area contributed by atoms with E-state index in [0.717, 1.165) is 6.07 Å². The van der Waals surface area contributed by atoms with Gasteiger partial charge in [-0.2, -0.15) is 4.39 Å². The SMILES string of the molecule is O=C(Nc1cc(Cl)c(Cl)cc1F)N1C2CCC1c1c(C#CCO)cnc(F)c1C2. The number of anilines is 1. The maximum Gasteiger partial charge on any atom is 0.322 e. The van der Waals surface area contributed by atoms with Gasteiger partial charge in [0.05, 0.1) is 21.8 Å². The topological polar surface area (TPSA) is 65.5 Å². The lowest BCUT2D eigenvalue weighted by atomic mass is 9.91. The molecule has 5 nitrogen and oxygen atoms in total. The molecular weight excluding hydrogens is 423 g/mol. The first-order valence-corrected chi connectivity index (χ1v) is 9.67. The van der Waals surface area contributed by atoms with E-state index in [1.807, 2.05) is 0 Å². The zero-order chi connectivity index (χ0) is 20.7. The Morgan fingerprint density at radius 3 is 2.83 bits per heavy atom. The summed E-state index contributed by atoms with van der Waals surface area (Å²) in [7, 11) is 0. The first-order valence-electron chi connectivity index (χ1n) is 8.91. The second-order valence-electron chi connectivity index (χ2n) is 6.85. The van der Waals surface area contributed by atoms with E-state index in [1.54, 1.807) is 4.90 Å². The number of benzene rings is 1. The lowest BCUT2D eigenvalue weighted by Gasteiger charge is -2.36.